The molecule has 0 fully saturated rings. The van der Waals surface area contributed by atoms with Crippen molar-refractivity contribution in [2.45, 2.75) is 6.04 Å². The Balaban J connectivity index is 2.32. The van der Waals surface area contributed by atoms with Crippen LogP contribution in [0.4, 0.5) is 10.1 Å². The molecule has 20 heavy (non-hydrogen) atoms. The van der Waals surface area contributed by atoms with Crippen molar-refractivity contribution in [1.29, 1.82) is 5.26 Å². The number of methoxy groups -OCH3 is 1. The summed E-state index contributed by atoms with van der Waals surface area (Å²) in [6.07, 6.45) is 0. The fraction of sp³-hybridized carbons (Fsp3) is 0.133. The van der Waals surface area contributed by atoms with E-state index >= 15 is 0 Å². The number of halogens is 2. The van der Waals surface area contributed by atoms with E-state index in [1.165, 1.54) is 18.2 Å². The van der Waals surface area contributed by atoms with Gasteiger partial charge in [-0.05, 0) is 24.3 Å². The Morgan fingerprint density at radius 2 is 2.05 bits per heavy atom. The van der Waals surface area contributed by atoms with Gasteiger partial charge < -0.3 is 10.1 Å². The molecule has 0 aliphatic rings. The third-order valence-electron chi connectivity index (χ3n) is 2.81. The van der Waals surface area contributed by atoms with Crippen molar-refractivity contribution in [3.05, 3.63) is 58.9 Å². The van der Waals surface area contributed by atoms with E-state index in [4.69, 9.17) is 16.3 Å². The van der Waals surface area contributed by atoms with Crippen LogP contribution in [0.1, 0.15) is 11.6 Å². The maximum atomic E-state index is 13.1. The molecular weight excluding hydrogens is 279 g/mol. The summed E-state index contributed by atoms with van der Waals surface area (Å²) in [5, 5.41) is 12.5. The molecule has 1 atom stereocenters. The lowest BCUT2D eigenvalue weighted by Crippen LogP contribution is -2.10. The lowest BCUT2D eigenvalue weighted by atomic mass is 10.1. The van der Waals surface area contributed by atoms with E-state index in [2.05, 4.69) is 11.4 Å². The minimum atomic E-state index is -0.695. The summed E-state index contributed by atoms with van der Waals surface area (Å²) in [6, 6.07) is 12.6. The second kappa shape index (κ2) is 6.27. The highest BCUT2D eigenvalue weighted by atomic mass is 35.5. The molecule has 0 amide bonds. The van der Waals surface area contributed by atoms with E-state index in [-0.39, 0.29) is 5.02 Å². The Morgan fingerprint density at radius 3 is 2.70 bits per heavy atom. The number of ether oxygens (including phenoxy) is 1. The highest BCUT2D eigenvalue weighted by Gasteiger charge is 2.16. The van der Waals surface area contributed by atoms with Crippen LogP contribution in [0.2, 0.25) is 5.02 Å². The molecule has 2 rings (SSSR count). The maximum absolute atomic E-state index is 13.1. The van der Waals surface area contributed by atoms with Crippen LogP contribution < -0.4 is 10.1 Å². The molecule has 102 valence electrons. The highest BCUT2D eigenvalue weighted by molar-refractivity contribution is 6.31. The minimum absolute atomic E-state index is 0.207. The smallest absolute Gasteiger partial charge is 0.141 e. The molecule has 0 radical (unpaired) electrons. The van der Waals surface area contributed by atoms with Gasteiger partial charge in [-0.1, -0.05) is 29.8 Å². The molecule has 0 aromatic heterocycles. The third kappa shape index (κ3) is 3.01. The zero-order valence-electron chi connectivity index (χ0n) is 10.7. The van der Waals surface area contributed by atoms with Gasteiger partial charge in [-0.25, -0.2) is 4.39 Å². The highest BCUT2D eigenvalue weighted by Crippen LogP contribution is 2.30. The Morgan fingerprint density at radius 1 is 1.30 bits per heavy atom. The molecule has 3 nitrogen and oxygen atoms in total. The summed E-state index contributed by atoms with van der Waals surface area (Å²) in [6.45, 7) is 0. The van der Waals surface area contributed by atoms with Gasteiger partial charge in [0.1, 0.15) is 17.6 Å². The van der Waals surface area contributed by atoms with Crippen LogP contribution in [0.3, 0.4) is 0 Å². The average Bonchev–Trinajstić information content (AvgIpc) is 2.46. The van der Waals surface area contributed by atoms with Gasteiger partial charge in [0.2, 0.25) is 0 Å². The van der Waals surface area contributed by atoms with Gasteiger partial charge in [0.15, 0.2) is 0 Å². The standard InChI is InChI=1S/C15H12ClFN2O/c1-20-15-5-3-2-4-13(15)19-14(9-18)11-7-6-10(17)8-12(11)16/h2-8,14,19H,1H3. The van der Waals surface area contributed by atoms with E-state index in [0.717, 1.165) is 0 Å². The molecule has 2 aromatic rings. The molecule has 0 aliphatic heterocycles. The summed E-state index contributed by atoms with van der Waals surface area (Å²) >= 11 is 5.98. The first-order valence-electron chi connectivity index (χ1n) is 5.90. The number of hydrogen-bond acceptors (Lipinski definition) is 3. The number of nitriles is 1. The quantitative estimate of drug-likeness (QED) is 0.919. The fourth-order valence-electron chi connectivity index (χ4n) is 1.83. The van der Waals surface area contributed by atoms with E-state index in [1.54, 1.807) is 19.2 Å². The lowest BCUT2D eigenvalue weighted by Gasteiger charge is -2.16. The number of rotatable bonds is 4. The van der Waals surface area contributed by atoms with Crippen molar-refractivity contribution in [1.82, 2.24) is 0 Å². The molecule has 5 heteroatoms. The normalized spacial score (nSPS) is 11.5. The minimum Gasteiger partial charge on any atom is -0.495 e. The second-order valence-electron chi connectivity index (χ2n) is 4.07. The average molecular weight is 291 g/mol. The van der Waals surface area contributed by atoms with Crippen LogP contribution >= 0.6 is 11.6 Å². The van der Waals surface area contributed by atoms with Crippen molar-refractivity contribution in [3.8, 4) is 11.8 Å². The maximum Gasteiger partial charge on any atom is 0.141 e. The molecule has 1 N–H and O–H groups in total. The van der Waals surface area contributed by atoms with Crippen LogP contribution in [-0.4, -0.2) is 7.11 Å². The summed E-state index contributed by atoms with van der Waals surface area (Å²) in [7, 11) is 1.55. The topological polar surface area (TPSA) is 45.0 Å². The molecule has 0 saturated carbocycles. The first-order chi connectivity index (χ1) is 9.65. The van der Waals surface area contributed by atoms with Gasteiger partial charge in [0.05, 0.1) is 18.9 Å². The van der Waals surface area contributed by atoms with Crippen LogP contribution in [0.5, 0.6) is 5.75 Å². The molecule has 0 bridgehead atoms. The number of nitrogens with one attached hydrogen (secondary N) is 1. The third-order valence-corrected chi connectivity index (χ3v) is 3.14. The predicted octanol–water partition coefficient (Wildman–Crippen LogP) is 4.16. The molecule has 0 heterocycles. The Bertz CT molecular complexity index is 655. The molecule has 2 aromatic carbocycles. The summed E-state index contributed by atoms with van der Waals surface area (Å²) in [4.78, 5) is 0. The van der Waals surface area contributed by atoms with Gasteiger partial charge in [-0.15, -0.1) is 0 Å². The van der Waals surface area contributed by atoms with E-state index in [9.17, 15) is 9.65 Å². The summed E-state index contributed by atoms with van der Waals surface area (Å²) in [5.74, 6) is 0.179. The largest absolute Gasteiger partial charge is 0.495 e. The van der Waals surface area contributed by atoms with Crippen molar-refractivity contribution >= 4 is 17.3 Å². The van der Waals surface area contributed by atoms with E-state index in [1.807, 2.05) is 12.1 Å². The Hall–Kier alpha value is -2.25. The zero-order valence-corrected chi connectivity index (χ0v) is 11.5. The fourth-order valence-corrected chi connectivity index (χ4v) is 2.11. The molecule has 0 saturated heterocycles. The molecule has 0 spiro atoms. The Kier molecular flexibility index (Phi) is 4.44. The molecule has 0 aliphatic carbocycles. The molecule has 1 unspecified atom stereocenters. The van der Waals surface area contributed by atoms with Gasteiger partial charge in [0.25, 0.3) is 0 Å². The number of nitrogens with zero attached hydrogens (tertiary/aromatic N) is 1. The summed E-state index contributed by atoms with van der Waals surface area (Å²) < 4.78 is 18.3. The van der Waals surface area contributed by atoms with Crippen LogP contribution in [-0.2, 0) is 0 Å². The number of para-hydroxylation sites is 2. The summed E-state index contributed by atoms with van der Waals surface area (Å²) in [5.41, 5.74) is 1.18. The first-order valence-corrected chi connectivity index (χ1v) is 6.27. The van der Waals surface area contributed by atoms with Crippen molar-refractivity contribution in [2.24, 2.45) is 0 Å². The second-order valence-corrected chi connectivity index (χ2v) is 4.48. The van der Waals surface area contributed by atoms with Crippen LogP contribution in [0.15, 0.2) is 42.5 Å². The predicted molar refractivity (Wildman–Crippen MR) is 76.4 cm³/mol. The molecular formula is C15H12ClFN2O. The van der Waals surface area contributed by atoms with Crippen molar-refractivity contribution < 1.29 is 9.13 Å². The van der Waals surface area contributed by atoms with Gasteiger partial charge in [-0.3, -0.25) is 0 Å². The van der Waals surface area contributed by atoms with E-state index < -0.39 is 11.9 Å². The Labute approximate surface area is 121 Å². The van der Waals surface area contributed by atoms with E-state index in [0.29, 0.717) is 17.0 Å². The van der Waals surface area contributed by atoms with Gasteiger partial charge in [0, 0.05) is 10.6 Å². The van der Waals surface area contributed by atoms with Crippen molar-refractivity contribution in [2.75, 3.05) is 12.4 Å². The van der Waals surface area contributed by atoms with Crippen LogP contribution in [0.25, 0.3) is 0 Å². The monoisotopic (exact) mass is 290 g/mol. The zero-order chi connectivity index (χ0) is 14.5. The van der Waals surface area contributed by atoms with Crippen LogP contribution in [0, 0.1) is 17.1 Å². The van der Waals surface area contributed by atoms with Gasteiger partial charge in [-0.2, -0.15) is 5.26 Å². The van der Waals surface area contributed by atoms with Gasteiger partial charge >= 0.3 is 0 Å². The number of hydrogen-bond donors (Lipinski definition) is 1. The number of benzene rings is 2. The first kappa shape index (κ1) is 14.2. The lowest BCUT2D eigenvalue weighted by molar-refractivity contribution is 0.416. The number of anilines is 1. The van der Waals surface area contributed by atoms with Crippen molar-refractivity contribution in [3.63, 3.8) is 0 Å². The SMILES string of the molecule is COc1ccccc1NC(C#N)c1ccc(F)cc1Cl.